The van der Waals surface area contributed by atoms with E-state index < -0.39 is 16.9 Å². The lowest BCUT2D eigenvalue weighted by Crippen LogP contribution is -2.23. The van der Waals surface area contributed by atoms with Crippen LogP contribution in [0.3, 0.4) is 0 Å². The number of carbonyl (C=O) groups is 1. The first-order valence-corrected chi connectivity index (χ1v) is 4.47. The predicted molar refractivity (Wildman–Crippen MR) is 53.2 cm³/mol. The summed E-state index contributed by atoms with van der Waals surface area (Å²) in [5, 5.41) is 10.3. The third-order valence-electron chi connectivity index (χ3n) is 1.83. The lowest BCUT2D eigenvalue weighted by Gasteiger charge is -2.05. The third-order valence-corrected chi connectivity index (χ3v) is 1.83. The Morgan fingerprint density at radius 3 is 2.60 bits per heavy atom. The number of esters is 1. The van der Waals surface area contributed by atoms with E-state index in [0.717, 1.165) is 0 Å². The minimum absolute atomic E-state index is 0.208. The van der Waals surface area contributed by atoms with E-state index in [4.69, 9.17) is 4.74 Å². The third kappa shape index (κ3) is 3.38. The van der Waals surface area contributed by atoms with E-state index in [-0.39, 0.29) is 6.61 Å². The van der Waals surface area contributed by atoms with Crippen LogP contribution < -0.4 is 0 Å². The molecule has 0 spiro atoms. The van der Waals surface area contributed by atoms with Crippen LogP contribution in [0.25, 0.3) is 0 Å². The van der Waals surface area contributed by atoms with Crippen molar-refractivity contribution in [3.63, 3.8) is 0 Å². The molecule has 0 aliphatic heterocycles. The highest BCUT2D eigenvalue weighted by molar-refractivity contribution is 5.89. The smallest absolute Gasteiger partial charge is 0.338 e. The highest BCUT2D eigenvalue weighted by Crippen LogP contribution is 2.02. The highest BCUT2D eigenvalue weighted by atomic mass is 16.6. The standard InChI is InChI=1S/C10H11NO4/c1-8(11(13)14)7-15-10(12)9-5-3-2-4-6-9/h2-6,8H,7H2,1H3. The highest BCUT2D eigenvalue weighted by Gasteiger charge is 2.16. The van der Waals surface area contributed by atoms with Crippen LogP contribution in [0.2, 0.25) is 0 Å². The maximum absolute atomic E-state index is 11.3. The Hall–Kier alpha value is -1.91. The van der Waals surface area contributed by atoms with Gasteiger partial charge in [-0.2, -0.15) is 0 Å². The molecular weight excluding hydrogens is 198 g/mol. The summed E-state index contributed by atoms with van der Waals surface area (Å²) in [6, 6.07) is 7.49. The minimum atomic E-state index is -0.877. The lowest BCUT2D eigenvalue weighted by atomic mass is 10.2. The Kier molecular flexibility index (Phi) is 3.79. The topological polar surface area (TPSA) is 69.4 Å². The molecule has 15 heavy (non-hydrogen) atoms. The molecule has 1 aromatic carbocycles. The Morgan fingerprint density at radius 1 is 1.47 bits per heavy atom. The first-order valence-electron chi connectivity index (χ1n) is 4.47. The Morgan fingerprint density at radius 2 is 2.07 bits per heavy atom. The first kappa shape index (κ1) is 11.2. The molecule has 80 valence electrons. The quantitative estimate of drug-likeness (QED) is 0.428. The van der Waals surface area contributed by atoms with Crippen molar-refractivity contribution in [2.24, 2.45) is 0 Å². The number of nitro groups is 1. The molecule has 1 rings (SSSR count). The molecule has 0 bridgehead atoms. The fraction of sp³-hybridized carbons (Fsp3) is 0.300. The maximum Gasteiger partial charge on any atom is 0.338 e. The monoisotopic (exact) mass is 209 g/mol. The van der Waals surface area contributed by atoms with E-state index in [9.17, 15) is 14.9 Å². The van der Waals surface area contributed by atoms with Crippen LogP contribution >= 0.6 is 0 Å². The molecule has 0 saturated heterocycles. The van der Waals surface area contributed by atoms with Gasteiger partial charge < -0.3 is 4.74 Å². The van der Waals surface area contributed by atoms with Crippen molar-refractivity contribution in [2.75, 3.05) is 6.61 Å². The molecule has 0 aromatic heterocycles. The fourth-order valence-corrected chi connectivity index (χ4v) is 0.915. The van der Waals surface area contributed by atoms with Crippen LogP contribution in [0.5, 0.6) is 0 Å². The summed E-state index contributed by atoms with van der Waals surface area (Å²) in [5.41, 5.74) is 0.396. The molecule has 0 saturated carbocycles. The van der Waals surface area contributed by atoms with Crippen molar-refractivity contribution in [2.45, 2.75) is 13.0 Å². The van der Waals surface area contributed by atoms with Gasteiger partial charge in [-0.25, -0.2) is 4.79 Å². The summed E-state index contributed by atoms with van der Waals surface area (Å²) < 4.78 is 4.77. The van der Waals surface area contributed by atoms with Gasteiger partial charge in [-0.3, -0.25) is 10.1 Å². The van der Waals surface area contributed by atoms with E-state index in [1.54, 1.807) is 30.3 Å². The predicted octanol–water partition coefficient (Wildman–Crippen LogP) is 1.51. The number of hydrogen-bond donors (Lipinski definition) is 0. The van der Waals surface area contributed by atoms with Crippen LogP contribution in [0, 0.1) is 10.1 Å². The Labute approximate surface area is 86.8 Å². The van der Waals surface area contributed by atoms with Gasteiger partial charge in [0.25, 0.3) is 0 Å². The summed E-state index contributed by atoms with van der Waals surface area (Å²) in [6.07, 6.45) is 0. The molecule has 0 heterocycles. The van der Waals surface area contributed by atoms with Crippen molar-refractivity contribution >= 4 is 5.97 Å². The number of carbonyl (C=O) groups excluding carboxylic acids is 1. The van der Waals surface area contributed by atoms with Crippen molar-refractivity contribution in [3.8, 4) is 0 Å². The van der Waals surface area contributed by atoms with Gasteiger partial charge in [0.2, 0.25) is 6.04 Å². The van der Waals surface area contributed by atoms with Crippen molar-refractivity contribution < 1.29 is 14.5 Å². The van der Waals surface area contributed by atoms with Crippen molar-refractivity contribution in [1.82, 2.24) is 0 Å². The molecule has 1 atom stereocenters. The van der Waals surface area contributed by atoms with E-state index in [1.165, 1.54) is 6.92 Å². The molecule has 5 heteroatoms. The molecule has 5 nitrogen and oxygen atoms in total. The van der Waals surface area contributed by atoms with Gasteiger partial charge in [0.1, 0.15) is 0 Å². The van der Waals surface area contributed by atoms with Gasteiger partial charge in [-0.05, 0) is 12.1 Å². The van der Waals surface area contributed by atoms with Gasteiger partial charge in [0.05, 0.1) is 5.56 Å². The summed E-state index contributed by atoms with van der Waals surface area (Å²) in [6.45, 7) is 1.18. The lowest BCUT2D eigenvalue weighted by molar-refractivity contribution is -0.520. The van der Waals surface area contributed by atoms with Crippen LogP contribution in [-0.4, -0.2) is 23.5 Å². The van der Waals surface area contributed by atoms with Crippen molar-refractivity contribution in [1.29, 1.82) is 0 Å². The van der Waals surface area contributed by atoms with E-state index in [0.29, 0.717) is 5.56 Å². The summed E-state index contributed by atoms with van der Waals surface area (Å²) in [5.74, 6) is -0.538. The second-order valence-corrected chi connectivity index (χ2v) is 3.10. The zero-order valence-corrected chi connectivity index (χ0v) is 8.25. The Bertz CT molecular complexity index is 350. The van der Waals surface area contributed by atoms with Gasteiger partial charge in [0.15, 0.2) is 6.61 Å². The molecular formula is C10H11NO4. The number of ether oxygens (including phenoxy) is 1. The first-order chi connectivity index (χ1) is 7.11. The molecule has 1 unspecified atom stereocenters. The average Bonchev–Trinajstić information content (AvgIpc) is 2.26. The van der Waals surface area contributed by atoms with Crippen LogP contribution in [0.4, 0.5) is 0 Å². The van der Waals surface area contributed by atoms with E-state index in [2.05, 4.69) is 0 Å². The Balaban J connectivity index is 2.47. The summed E-state index contributed by atoms with van der Waals surface area (Å²) >= 11 is 0. The zero-order chi connectivity index (χ0) is 11.3. The number of benzene rings is 1. The van der Waals surface area contributed by atoms with Gasteiger partial charge in [0, 0.05) is 11.8 Å². The van der Waals surface area contributed by atoms with Gasteiger partial charge in [-0.15, -0.1) is 0 Å². The molecule has 0 amide bonds. The van der Waals surface area contributed by atoms with Crippen LogP contribution in [0.15, 0.2) is 30.3 Å². The largest absolute Gasteiger partial charge is 0.455 e. The SMILES string of the molecule is CC(COC(=O)c1ccccc1)[N+](=O)[O-]. The van der Waals surface area contributed by atoms with Crippen LogP contribution in [-0.2, 0) is 4.74 Å². The number of rotatable bonds is 4. The van der Waals surface area contributed by atoms with Crippen LogP contribution in [0.1, 0.15) is 17.3 Å². The van der Waals surface area contributed by atoms with Gasteiger partial charge >= 0.3 is 5.97 Å². The maximum atomic E-state index is 11.3. The second kappa shape index (κ2) is 5.09. The molecule has 0 N–H and O–H groups in total. The molecule has 0 fully saturated rings. The molecule has 0 radical (unpaired) electrons. The molecule has 1 aromatic rings. The number of nitrogens with zero attached hydrogens (tertiary/aromatic N) is 1. The summed E-state index contributed by atoms with van der Waals surface area (Å²) in [4.78, 5) is 21.1. The second-order valence-electron chi connectivity index (χ2n) is 3.10. The van der Waals surface area contributed by atoms with E-state index in [1.807, 2.05) is 0 Å². The fourth-order valence-electron chi connectivity index (χ4n) is 0.915. The normalized spacial score (nSPS) is 11.8. The van der Waals surface area contributed by atoms with Gasteiger partial charge in [-0.1, -0.05) is 18.2 Å². The average molecular weight is 209 g/mol. The molecule has 0 aliphatic carbocycles. The number of hydrogen-bond acceptors (Lipinski definition) is 4. The minimum Gasteiger partial charge on any atom is -0.455 e. The zero-order valence-electron chi connectivity index (χ0n) is 8.25. The van der Waals surface area contributed by atoms with E-state index >= 15 is 0 Å². The molecule has 0 aliphatic rings. The van der Waals surface area contributed by atoms with Crippen molar-refractivity contribution in [3.05, 3.63) is 46.0 Å². The summed E-state index contributed by atoms with van der Waals surface area (Å²) in [7, 11) is 0.